The van der Waals surface area contributed by atoms with Gasteiger partial charge in [0.05, 0.1) is 25.3 Å². The van der Waals surface area contributed by atoms with Crippen molar-refractivity contribution in [1.29, 1.82) is 0 Å². The first-order valence-corrected chi connectivity index (χ1v) is 24.8. The number of amides is 2. The number of aliphatic hydroxyl groups is 1. The van der Waals surface area contributed by atoms with Gasteiger partial charge in [-0.3, -0.25) is 33.1 Å². The lowest BCUT2D eigenvalue weighted by molar-refractivity contribution is 0.0740. The van der Waals surface area contributed by atoms with Crippen LogP contribution in [0.3, 0.4) is 0 Å². The minimum atomic E-state index is -4.52. The van der Waals surface area contributed by atoms with Crippen molar-refractivity contribution in [2.24, 2.45) is 0 Å². The molecule has 4 aromatic carbocycles. The van der Waals surface area contributed by atoms with Gasteiger partial charge in [-0.05, 0) is 78.9 Å². The molecular weight excluding hydrogens is 987 g/mol. The first-order chi connectivity index (χ1) is 34.4. The fourth-order valence-corrected chi connectivity index (χ4v) is 9.35. The number of nitrogens with zero attached hydrogens (tertiary/aromatic N) is 4. The zero-order chi connectivity index (χ0) is 51.7. The number of benzene rings is 4. The van der Waals surface area contributed by atoms with Crippen LogP contribution in [-0.2, 0) is 55.9 Å². The summed E-state index contributed by atoms with van der Waals surface area (Å²) in [5.74, 6) is -5.30. The summed E-state index contributed by atoms with van der Waals surface area (Å²) in [5, 5.41) is 15.7. The molecule has 2 aromatic heterocycles. The minimum absolute atomic E-state index is 0.0180. The molecule has 3 N–H and O–H groups in total. The number of aliphatic hydroxyl groups excluding tert-OH is 1. The van der Waals surface area contributed by atoms with E-state index in [0.717, 1.165) is 9.13 Å². The van der Waals surface area contributed by atoms with E-state index < -0.39 is 102 Å². The quantitative estimate of drug-likeness (QED) is 0.130. The average molecular weight is 1030 g/mol. The minimum Gasteiger partial charge on any atom is -0.385 e. The number of hydrogen-bond acceptors (Lipinski definition) is 16. The van der Waals surface area contributed by atoms with Crippen molar-refractivity contribution in [3.63, 3.8) is 0 Å². The molecule has 2 aliphatic heterocycles. The summed E-state index contributed by atoms with van der Waals surface area (Å²) in [6, 6.07) is 24.9. The van der Waals surface area contributed by atoms with Crippen LogP contribution in [0.25, 0.3) is 0 Å². The summed E-state index contributed by atoms with van der Waals surface area (Å²) in [5.41, 5.74) is -2.12. The topological polar surface area (TPSA) is 270 Å². The van der Waals surface area contributed by atoms with Gasteiger partial charge in [0.15, 0.2) is 23.0 Å². The lowest BCUT2D eigenvalue weighted by Gasteiger charge is -2.18. The predicted octanol–water partition coefficient (Wildman–Crippen LogP) is 3.99. The van der Waals surface area contributed by atoms with Crippen LogP contribution in [0.15, 0.2) is 129 Å². The Hall–Kier alpha value is -7.51. The maximum Gasteiger partial charge on any atom is 0.339 e. The van der Waals surface area contributed by atoms with Gasteiger partial charge in [0.2, 0.25) is 11.5 Å². The molecule has 6 aromatic rings. The van der Waals surface area contributed by atoms with Gasteiger partial charge in [-0.25, -0.2) is 18.7 Å². The van der Waals surface area contributed by atoms with E-state index in [1.165, 1.54) is 111 Å². The third-order valence-electron chi connectivity index (χ3n) is 11.3. The molecule has 0 saturated heterocycles. The van der Waals surface area contributed by atoms with E-state index in [9.17, 15) is 54.7 Å². The van der Waals surface area contributed by atoms with Crippen molar-refractivity contribution in [3.8, 4) is 11.5 Å². The number of nitrogens with one attached hydrogen (secondary N) is 2. The predicted molar refractivity (Wildman–Crippen MR) is 250 cm³/mol. The van der Waals surface area contributed by atoms with Crippen molar-refractivity contribution in [3.05, 3.63) is 176 Å². The van der Waals surface area contributed by atoms with E-state index >= 15 is 0 Å². The number of ketones is 1. The summed E-state index contributed by atoms with van der Waals surface area (Å²) in [4.78, 5) is 73.6. The molecule has 2 amide bonds. The van der Waals surface area contributed by atoms with Crippen LogP contribution in [0.4, 0.5) is 8.78 Å². The highest BCUT2D eigenvalue weighted by Crippen LogP contribution is 2.27. The fourth-order valence-electron chi connectivity index (χ4n) is 7.44. The highest BCUT2D eigenvalue weighted by atomic mass is 32.2. The Morgan fingerprint density at radius 3 is 1.53 bits per heavy atom. The van der Waals surface area contributed by atoms with Crippen LogP contribution in [0, 0.1) is 11.6 Å². The van der Waals surface area contributed by atoms with Gasteiger partial charge in [-0.15, -0.1) is 0 Å². The Bertz CT molecular complexity index is 3310. The van der Waals surface area contributed by atoms with Gasteiger partial charge >= 0.3 is 20.2 Å². The summed E-state index contributed by atoms with van der Waals surface area (Å²) >= 11 is 0. The number of ether oxygens (including phenoxy) is 2. The van der Waals surface area contributed by atoms with E-state index in [0.29, 0.717) is 24.0 Å². The molecule has 4 heterocycles. The molecule has 0 radical (unpaired) electrons. The maximum atomic E-state index is 13.5. The van der Waals surface area contributed by atoms with Crippen LogP contribution in [0.5, 0.6) is 11.5 Å². The van der Waals surface area contributed by atoms with Gasteiger partial charge in [-0.2, -0.15) is 16.8 Å². The first-order valence-electron chi connectivity index (χ1n) is 22.0. The van der Waals surface area contributed by atoms with E-state index in [4.69, 9.17) is 17.8 Å². The molecule has 0 spiro atoms. The van der Waals surface area contributed by atoms with E-state index in [1.807, 2.05) is 0 Å². The molecule has 1 unspecified atom stereocenters. The van der Waals surface area contributed by atoms with Gasteiger partial charge in [-0.1, -0.05) is 60.7 Å². The molecular formula is C48H46F2N6O14S2. The normalized spacial score (nSPS) is 16.6. The molecule has 72 heavy (non-hydrogen) atoms. The average Bonchev–Trinajstić information content (AvgIpc) is 3.65. The van der Waals surface area contributed by atoms with Crippen LogP contribution in [0.1, 0.15) is 80.3 Å². The van der Waals surface area contributed by atoms with Crippen molar-refractivity contribution < 1.29 is 62.9 Å². The van der Waals surface area contributed by atoms with E-state index in [2.05, 4.69) is 20.6 Å². The second kappa shape index (κ2) is 22.7. The zero-order valence-electron chi connectivity index (χ0n) is 38.4. The number of hydrogen-bond donors (Lipinski definition) is 3. The van der Waals surface area contributed by atoms with E-state index in [1.54, 1.807) is 12.1 Å². The summed E-state index contributed by atoms with van der Waals surface area (Å²) in [6.07, 6.45) is -1.20. The Morgan fingerprint density at radius 1 is 0.625 bits per heavy atom. The first kappa shape index (κ1) is 52.3. The number of carbonyl (C=O) groups excluding carboxylic acids is 3. The van der Waals surface area contributed by atoms with E-state index in [-0.39, 0.29) is 60.5 Å². The summed E-state index contributed by atoms with van der Waals surface area (Å²) in [7, 11) is -6.15. The lowest BCUT2D eigenvalue weighted by Crippen LogP contribution is -2.36. The Morgan fingerprint density at radius 2 is 1.06 bits per heavy atom. The third kappa shape index (κ3) is 12.3. The molecule has 2 aliphatic rings. The Kier molecular flexibility index (Phi) is 16.5. The number of halogens is 2. The van der Waals surface area contributed by atoms with Gasteiger partial charge in [0.25, 0.3) is 22.9 Å². The van der Waals surface area contributed by atoms with Gasteiger partial charge in [0, 0.05) is 33.7 Å². The smallest absolute Gasteiger partial charge is 0.339 e. The molecule has 0 bridgehead atoms. The summed E-state index contributed by atoms with van der Waals surface area (Å²) < 4.78 is 101. The van der Waals surface area contributed by atoms with Gasteiger partial charge in [0.1, 0.15) is 33.4 Å². The largest absolute Gasteiger partial charge is 0.385 e. The Balaban J connectivity index is 0.000000211. The molecule has 3 atom stereocenters. The molecule has 378 valence electrons. The zero-order valence-corrected chi connectivity index (χ0v) is 40.0. The number of aromatic nitrogens is 4. The lowest BCUT2D eigenvalue weighted by atomic mass is 10.1. The molecule has 0 aliphatic carbocycles. The monoisotopic (exact) mass is 1030 g/mol. The standard InChI is InChI=1S/C24H24FN3O7S.C24H22FN3O7S/c2*1-34-17-11-12-19(29)22-27-20(23(30)26-13-15-7-9-16(25)10-8-15)21(24(31)28(22)14-17)35-36(32,33)18-5-3-2-4-6-18/h2-10,17,19,29H,11-14H2,1H3,(H,26,30);2-10,17H,11-14H2,1H3,(H,26,30)/t17-,19?;17-/m00/s1. The second-order valence-corrected chi connectivity index (χ2v) is 19.3. The Labute approximate surface area is 410 Å². The SMILES string of the molecule is CO[C@H]1CCC(=O)c2nc(C(=O)NCc3ccc(F)cc3)c(OS(=O)(=O)c3ccccc3)c(=O)n2C1.CO[C@H]1CCC(O)c2nc(C(=O)NCc3ccc(F)cc3)c(OS(=O)(=O)c3ccccc3)c(=O)n2C1. The second-order valence-electron chi connectivity index (χ2n) is 16.2. The van der Waals surface area contributed by atoms with Crippen molar-refractivity contribution in [2.45, 2.75) is 80.0 Å². The summed E-state index contributed by atoms with van der Waals surface area (Å²) in [6.45, 7) is -0.237. The van der Waals surface area contributed by atoms with Crippen LogP contribution in [-0.4, -0.2) is 85.1 Å². The van der Waals surface area contributed by atoms with Crippen LogP contribution < -0.4 is 30.1 Å². The van der Waals surface area contributed by atoms with Crippen molar-refractivity contribution >= 4 is 37.8 Å². The van der Waals surface area contributed by atoms with Crippen molar-refractivity contribution in [2.75, 3.05) is 14.2 Å². The molecule has 24 heteroatoms. The van der Waals surface area contributed by atoms with Crippen molar-refractivity contribution in [1.82, 2.24) is 29.7 Å². The number of rotatable bonds is 14. The maximum absolute atomic E-state index is 13.5. The van der Waals surface area contributed by atoms with Crippen LogP contribution >= 0.6 is 0 Å². The number of carbonyl (C=O) groups is 3. The number of methoxy groups -OCH3 is 2. The molecule has 20 nitrogen and oxygen atoms in total. The number of Topliss-reactive ketones (excluding diaryl/α,β-unsaturated/α-hetero) is 1. The fraction of sp³-hybridized carbons (Fsp3) is 0.271. The highest BCUT2D eigenvalue weighted by Gasteiger charge is 2.34. The molecule has 0 saturated carbocycles. The molecule has 0 fully saturated rings. The number of fused-ring (bicyclic) bond motifs is 2. The molecule has 8 rings (SSSR count). The third-order valence-corrected chi connectivity index (χ3v) is 13.8. The van der Waals surface area contributed by atoms with Gasteiger partial charge < -0.3 is 33.6 Å². The van der Waals surface area contributed by atoms with Crippen LogP contribution in [0.2, 0.25) is 0 Å². The highest BCUT2D eigenvalue weighted by molar-refractivity contribution is 7.87.